The molecule has 0 aromatic heterocycles. The molecule has 102 valence electrons. The number of carbonyl (C=O) groups is 1. The Morgan fingerprint density at radius 1 is 1.21 bits per heavy atom. The second-order valence-electron chi connectivity index (χ2n) is 5.47. The first-order valence-electron chi connectivity index (χ1n) is 7.19. The van der Waals surface area contributed by atoms with Gasteiger partial charge in [-0.1, -0.05) is 36.4 Å². The fraction of sp³-hybridized carbons (Fsp3) is 0.471. The van der Waals surface area contributed by atoms with Gasteiger partial charge in [0.05, 0.1) is 0 Å². The Hall–Kier alpha value is -1.41. The van der Waals surface area contributed by atoms with E-state index >= 15 is 0 Å². The van der Waals surface area contributed by atoms with Crippen LogP contribution in [-0.2, 0) is 4.79 Å². The number of benzene rings is 1. The van der Waals surface area contributed by atoms with Gasteiger partial charge in [-0.05, 0) is 50.2 Å². The van der Waals surface area contributed by atoms with E-state index in [4.69, 9.17) is 5.73 Å². The molecule has 1 unspecified atom stereocenters. The van der Waals surface area contributed by atoms with Crippen molar-refractivity contribution >= 4 is 5.78 Å². The molecular formula is C17H23NO. The van der Waals surface area contributed by atoms with E-state index in [9.17, 15) is 4.79 Å². The molecule has 1 aromatic carbocycles. The molecule has 0 heterocycles. The molecular weight excluding hydrogens is 234 g/mol. The van der Waals surface area contributed by atoms with Gasteiger partial charge in [0.1, 0.15) is 0 Å². The van der Waals surface area contributed by atoms with Gasteiger partial charge in [0, 0.05) is 12.0 Å². The topological polar surface area (TPSA) is 43.1 Å². The van der Waals surface area contributed by atoms with Gasteiger partial charge in [0.25, 0.3) is 0 Å². The lowest BCUT2D eigenvalue weighted by Crippen LogP contribution is -2.31. The zero-order valence-corrected chi connectivity index (χ0v) is 11.6. The van der Waals surface area contributed by atoms with Crippen LogP contribution in [0.3, 0.4) is 0 Å². The van der Waals surface area contributed by atoms with Crippen LogP contribution in [0.25, 0.3) is 0 Å². The lowest BCUT2D eigenvalue weighted by atomic mass is 9.73. The van der Waals surface area contributed by atoms with E-state index in [2.05, 4.69) is 12.1 Å². The Kier molecular flexibility index (Phi) is 4.92. The zero-order chi connectivity index (χ0) is 13.7. The summed E-state index contributed by atoms with van der Waals surface area (Å²) in [6.07, 6.45) is 7.75. The lowest BCUT2D eigenvalue weighted by Gasteiger charge is -2.31. The van der Waals surface area contributed by atoms with Gasteiger partial charge >= 0.3 is 0 Å². The number of hydrogen-bond donors (Lipinski definition) is 1. The van der Waals surface area contributed by atoms with Crippen molar-refractivity contribution in [2.75, 3.05) is 0 Å². The van der Waals surface area contributed by atoms with Gasteiger partial charge in [0.2, 0.25) is 0 Å². The summed E-state index contributed by atoms with van der Waals surface area (Å²) in [4.78, 5) is 12.4. The molecule has 1 atom stereocenters. The van der Waals surface area contributed by atoms with Crippen molar-refractivity contribution in [3.8, 4) is 0 Å². The molecule has 2 N–H and O–H groups in total. The Bertz CT molecular complexity index is 430. The normalized spacial score (nSPS) is 25.4. The van der Waals surface area contributed by atoms with Gasteiger partial charge < -0.3 is 5.73 Å². The third-order valence-electron chi connectivity index (χ3n) is 4.08. The van der Waals surface area contributed by atoms with Gasteiger partial charge in [-0.15, -0.1) is 0 Å². The average molecular weight is 257 g/mol. The molecule has 19 heavy (non-hydrogen) atoms. The Morgan fingerprint density at radius 3 is 2.42 bits per heavy atom. The van der Waals surface area contributed by atoms with E-state index in [1.807, 2.05) is 31.2 Å². The summed E-state index contributed by atoms with van der Waals surface area (Å²) < 4.78 is 0. The summed E-state index contributed by atoms with van der Waals surface area (Å²) in [5, 5.41) is 0. The second-order valence-corrected chi connectivity index (χ2v) is 5.47. The van der Waals surface area contributed by atoms with E-state index in [1.165, 1.54) is 0 Å². The van der Waals surface area contributed by atoms with Crippen LogP contribution in [0.2, 0.25) is 0 Å². The van der Waals surface area contributed by atoms with Gasteiger partial charge in [-0.25, -0.2) is 0 Å². The molecule has 1 fully saturated rings. The van der Waals surface area contributed by atoms with E-state index in [1.54, 1.807) is 6.08 Å². The highest BCUT2D eigenvalue weighted by Gasteiger charge is 2.31. The van der Waals surface area contributed by atoms with Crippen LogP contribution >= 0.6 is 0 Å². The summed E-state index contributed by atoms with van der Waals surface area (Å²) in [5.74, 6) is 0.671. The van der Waals surface area contributed by atoms with Crippen LogP contribution in [-0.4, -0.2) is 11.8 Å². The van der Waals surface area contributed by atoms with Crippen molar-refractivity contribution in [2.24, 2.45) is 11.7 Å². The predicted octanol–water partition coefficient (Wildman–Crippen LogP) is 3.43. The fourth-order valence-electron chi connectivity index (χ4n) is 3.08. The second kappa shape index (κ2) is 6.67. The van der Waals surface area contributed by atoms with Crippen LogP contribution in [0.15, 0.2) is 42.5 Å². The van der Waals surface area contributed by atoms with Crippen molar-refractivity contribution in [1.29, 1.82) is 0 Å². The summed E-state index contributed by atoms with van der Waals surface area (Å²) in [6.45, 7) is 1.90. The van der Waals surface area contributed by atoms with E-state index in [0.29, 0.717) is 12.0 Å². The molecule has 2 nitrogen and oxygen atoms in total. The molecule has 0 aliphatic heterocycles. The maximum atomic E-state index is 12.4. The SMILES string of the molecule is C/C=C\C(=O)C(c1ccccc1)C1CCC(N)CC1. The fourth-order valence-corrected chi connectivity index (χ4v) is 3.08. The minimum absolute atomic E-state index is 0.00454. The van der Waals surface area contributed by atoms with Crippen LogP contribution in [0.5, 0.6) is 0 Å². The maximum Gasteiger partial charge on any atom is 0.163 e. The molecule has 0 saturated heterocycles. The zero-order valence-electron chi connectivity index (χ0n) is 11.6. The highest BCUT2D eigenvalue weighted by molar-refractivity contribution is 5.95. The highest BCUT2D eigenvalue weighted by Crippen LogP contribution is 2.36. The largest absolute Gasteiger partial charge is 0.328 e. The van der Waals surface area contributed by atoms with Crippen molar-refractivity contribution < 1.29 is 4.79 Å². The van der Waals surface area contributed by atoms with E-state index < -0.39 is 0 Å². The summed E-state index contributed by atoms with van der Waals surface area (Å²) in [5.41, 5.74) is 7.12. The minimum atomic E-state index is 0.00454. The Balaban J connectivity index is 2.22. The lowest BCUT2D eigenvalue weighted by molar-refractivity contribution is -0.117. The third kappa shape index (κ3) is 3.54. The van der Waals surface area contributed by atoms with Crippen molar-refractivity contribution in [3.05, 3.63) is 48.0 Å². The number of ketones is 1. The van der Waals surface area contributed by atoms with Gasteiger partial charge in [-0.3, -0.25) is 4.79 Å². The molecule has 1 aromatic rings. The number of rotatable bonds is 4. The van der Waals surface area contributed by atoms with Crippen LogP contribution in [0, 0.1) is 5.92 Å². The molecule has 0 amide bonds. The molecule has 0 radical (unpaired) electrons. The van der Waals surface area contributed by atoms with Crippen LogP contribution in [0.1, 0.15) is 44.1 Å². The first-order chi connectivity index (χ1) is 9.22. The van der Waals surface area contributed by atoms with Gasteiger partial charge in [0.15, 0.2) is 5.78 Å². The molecule has 0 bridgehead atoms. The Morgan fingerprint density at radius 2 is 1.84 bits per heavy atom. The quantitative estimate of drug-likeness (QED) is 0.840. The molecule has 2 rings (SSSR count). The smallest absolute Gasteiger partial charge is 0.163 e. The van der Waals surface area contributed by atoms with E-state index in [0.717, 1.165) is 31.2 Å². The minimum Gasteiger partial charge on any atom is -0.328 e. The highest BCUT2D eigenvalue weighted by atomic mass is 16.1. The Labute approximate surface area is 115 Å². The van der Waals surface area contributed by atoms with Crippen molar-refractivity contribution in [1.82, 2.24) is 0 Å². The first kappa shape index (κ1) is 14.0. The third-order valence-corrected chi connectivity index (χ3v) is 4.08. The molecule has 1 saturated carbocycles. The van der Waals surface area contributed by atoms with Crippen LogP contribution in [0.4, 0.5) is 0 Å². The summed E-state index contributed by atoms with van der Waals surface area (Å²) in [7, 11) is 0. The van der Waals surface area contributed by atoms with Crippen molar-refractivity contribution in [2.45, 2.75) is 44.6 Å². The molecule has 1 aliphatic rings. The number of carbonyl (C=O) groups excluding carboxylic acids is 1. The monoisotopic (exact) mass is 257 g/mol. The number of allylic oxidation sites excluding steroid dienone is 2. The molecule has 0 spiro atoms. The van der Waals surface area contributed by atoms with Gasteiger partial charge in [-0.2, -0.15) is 0 Å². The van der Waals surface area contributed by atoms with E-state index in [-0.39, 0.29) is 11.7 Å². The average Bonchev–Trinajstić information content (AvgIpc) is 2.43. The molecule has 1 aliphatic carbocycles. The summed E-state index contributed by atoms with van der Waals surface area (Å²) in [6, 6.07) is 10.5. The maximum absolute atomic E-state index is 12.4. The summed E-state index contributed by atoms with van der Waals surface area (Å²) >= 11 is 0. The first-order valence-corrected chi connectivity index (χ1v) is 7.19. The number of nitrogens with two attached hydrogens (primary N) is 1. The van der Waals surface area contributed by atoms with Crippen LogP contribution < -0.4 is 5.73 Å². The molecule has 2 heteroatoms. The predicted molar refractivity (Wildman–Crippen MR) is 78.9 cm³/mol. The van der Waals surface area contributed by atoms with Crippen molar-refractivity contribution in [3.63, 3.8) is 0 Å². The number of hydrogen-bond acceptors (Lipinski definition) is 2. The standard InChI is InChI=1S/C17H23NO/c1-2-6-16(19)17(13-7-4-3-5-8-13)14-9-11-15(18)12-10-14/h2-8,14-15,17H,9-12,18H2,1H3/b6-2-.